The summed E-state index contributed by atoms with van der Waals surface area (Å²) < 4.78 is 5.76. The van der Waals surface area contributed by atoms with Crippen LogP contribution in [0.25, 0.3) is 0 Å². The molecule has 1 nitrogen and oxygen atoms in total. The highest BCUT2D eigenvalue weighted by Gasteiger charge is 1.97. The summed E-state index contributed by atoms with van der Waals surface area (Å²) in [5.41, 5.74) is 1.39. The third-order valence-electron chi connectivity index (χ3n) is 2.97. The summed E-state index contributed by atoms with van der Waals surface area (Å²) in [6.07, 6.45) is 5.02. The standard InChI is InChI=1S/C17H20O/c1-2-3-5-8-15-11-13-17(14-12-15)18-16-9-6-4-7-10-16/h4,6-7,9-14H,2-3,5,8H2,1H3. The lowest BCUT2D eigenvalue weighted by molar-refractivity contribution is 0.482. The second-order valence-electron chi connectivity index (χ2n) is 4.52. The Hall–Kier alpha value is -1.76. The summed E-state index contributed by atoms with van der Waals surface area (Å²) in [5, 5.41) is 0. The lowest BCUT2D eigenvalue weighted by Crippen LogP contribution is -1.87. The maximum atomic E-state index is 5.76. The summed E-state index contributed by atoms with van der Waals surface area (Å²) in [4.78, 5) is 0. The largest absolute Gasteiger partial charge is 0.457 e. The number of rotatable bonds is 6. The molecule has 0 saturated heterocycles. The van der Waals surface area contributed by atoms with E-state index in [-0.39, 0.29) is 0 Å². The van der Waals surface area contributed by atoms with Crippen LogP contribution >= 0.6 is 0 Å². The Morgan fingerprint density at radius 2 is 1.44 bits per heavy atom. The molecule has 0 heterocycles. The molecule has 0 aliphatic rings. The number of aryl methyl sites for hydroxylation is 1. The predicted molar refractivity (Wildman–Crippen MR) is 76.2 cm³/mol. The number of hydrogen-bond donors (Lipinski definition) is 0. The van der Waals surface area contributed by atoms with E-state index in [0.29, 0.717) is 0 Å². The molecule has 0 unspecified atom stereocenters. The Balaban J connectivity index is 1.91. The first-order valence-corrected chi connectivity index (χ1v) is 6.70. The molecule has 0 radical (unpaired) electrons. The van der Waals surface area contributed by atoms with E-state index < -0.39 is 0 Å². The third kappa shape index (κ3) is 3.92. The SMILES string of the molecule is CCCCCc1ccc(Oc2ccccc2)cc1. The van der Waals surface area contributed by atoms with Crippen molar-refractivity contribution < 1.29 is 4.74 Å². The highest BCUT2D eigenvalue weighted by molar-refractivity contribution is 5.32. The average Bonchev–Trinajstić information content (AvgIpc) is 2.42. The Kier molecular flexibility index (Phi) is 4.83. The number of ether oxygens (including phenoxy) is 1. The van der Waals surface area contributed by atoms with Crippen LogP contribution in [0.1, 0.15) is 31.7 Å². The van der Waals surface area contributed by atoms with Gasteiger partial charge in [-0.3, -0.25) is 0 Å². The molecule has 0 fully saturated rings. The van der Waals surface area contributed by atoms with Crippen LogP contribution in [0.3, 0.4) is 0 Å². The van der Waals surface area contributed by atoms with Gasteiger partial charge in [0.1, 0.15) is 11.5 Å². The quantitative estimate of drug-likeness (QED) is 0.630. The predicted octanol–water partition coefficient (Wildman–Crippen LogP) is 5.21. The van der Waals surface area contributed by atoms with Gasteiger partial charge in [0.2, 0.25) is 0 Å². The normalized spacial score (nSPS) is 10.3. The highest BCUT2D eigenvalue weighted by Crippen LogP contribution is 2.21. The number of unbranched alkanes of at least 4 members (excludes halogenated alkanes) is 2. The summed E-state index contributed by atoms with van der Waals surface area (Å²) >= 11 is 0. The summed E-state index contributed by atoms with van der Waals surface area (Å²) in [6, 6.07) is 18.3. The van der Waals surface area contributed by atoms with E-state index in [1.807, 2.05) is 42.5 Å². The molecule has 0 bridgehead atoms. The minimum Gasteiger partial charge on any atom is -0.457 e. The highest BCUT2D eigenvalue weighted by atomic mass is 16.5. The van der Waals surface area contributed by atoms with Crippen molar-refractivity contribution in [1.29, 1.82) is 0 Å². The number of hydrogen-bond acceptors (Lipinski definition) is 1. The van der Waals surface area contributed by atoms with E-state index in [2.05, 4.69) is 19.1 Å². The van der Waals surface area contributed by atoms with E-state index >= 15 is 0 Å². The van der Waals surface area contributed by atoms with Crippen LogP contribution in [-0.4, -0.2) is 0 Å². The van der Waals surface area contributed by atoms with Crippen molar-refractivity contribution in [2.75, 3.05) is 0 Å². The summed E-state index contributed by atoms with van der Waals surface area (Å²) in [6.45, 7) is 2.23. The first-order valence-electron chi connectivity index (χ1n) is 6.70. The van der Waals surface area contributed by atoms with Crippen LogP contribution in [0.15, 0.2) is 54.6 Å². The van der Waals surface area contributed by atoms with E-state index in [0.717, 1.165) is 11.5 Å². The van der Waals surface area contributed by atoms with Crippen LogP contribution in [0, 0.1) is 0 Å². The van der Waals surface area contributed by atoms with E-state index in [1.165, 1.54) is 31.2 Å². The van der Waals surface area contributed by atoms with Crippen molar-refractivity contribution in [3.8, 4) is 11.5 Å². The van der Waals surface area contributed by atoms with Crippen LogP contribution in [0.5, 0.6) is 11.5 Å². The molecule has 0 N–H and O–H groups in total. The topological polar surface area (TPSA) is 9.23 Å². The van der Waals surface area contributed by atoms with Crippen LogP contribution in [0.2, 0.25) is 0 Å². The van der Waals surface area contributed by atoms with E-state index in [1.54, 1.807) is 0 Å². The molecule has 0 aromatic heterocycles. The molecular weight excluding hydrogens is 220 g/mol. The second kappa shape index (κ2) is 6.85. The number of para-hydroxylation sites is 1. The molecule has 0 amide bonds. The van der Waals surface area contributed by atoms with Gasteiger partial charge in [-0.15, -0.1) is 0 Å². The van der Waals surface area contributed by atoms with Gasteiger partial charge in [0.05, 0.1) is 0 Å². The van der Waals surface area contributed by atoms with Crippen molar-refractivity contribution in [1.82, 2.24) is 0 Å². The fourth-order valence-electron chi connectivity index (χ4n) is 1.93. The molecule has 0 saturated carbocycles. The minimum absolute atomic E-state index is 0.885. The minimum atomic E-state index is 0.885. The maximum absolute atomic E-state index is 5.76. The van der Waals surface area contributed by atoms with Gasteiger partial charge in [-0.1, -0.05) is 50.1 Å². The molecule has 0 atom stereocenters. The molecule has 0 spiro atoms. The zero-order valence-corrected chi connectivity index (χ0v) is 10.9. The Morgan fingerprint density at radius 3 is 2.11 bits per heavy atom. The average molecular weight is 240 g/mol. The first kappa shape index (κ1) is 12.7. The van der Waals surface area contributed by atoms with Gasteiger partial charge in [0, 0.05) is 0 Å². The van der Waals surface area contributed by atoms with Gasteiger partial charge in [-0.25, -0.2) is 0 Å². The van der Waals surface area contributed by atoms with Gasteiger partial charge in [-0.2, -0.15) is 0 Å². The lowest BCUT2D eigenvalue weighted by Gasteiger charge is -2.06. The molecule has 2 aromatic rings. The lowest BCUT2D eigenvalue weighted by atomic mass is 10.1. The van der Waals surface area contributed by atoms with Crippen LogP contribution in [0.4, 0.5) is 0 Å². The molecular formula is C17H20O. The van der Waals surface area contributed by atoms with E-state index in [4.69, 9.17) is 4.74 Å². The molecule has 2 aromatic carbocycles. The fraction of sp³-hybridized carbons (Fsp3) is 0.294. The van der Waals surface area contributed by atoms with Gasteiger partial charge >= 0.3 is 0 Å². The third-order valence-corrected chi connectivity index (χ3v) is 2.97. The molecule has 1 heteroatoms. The molecule has 0 aliphatic heterocycles. The van der Waals surface area contributed by atoms with Crippen LogP contribution < -0.4 is 4.74 Å². The Morgan fingerprint density at radius 1 is 0.778 bits per heavy atom. The van der Waals surface area contributed by atoms with Crippen molar-refractivity contribution in [2.24, 2.45) is 0 Å². The second-order valence-corrected chi connectivity index (χ2v) is 4.52. The smallest absolute Gasteiger partial charge is 0.127 e. The molecule has 18 heavy (non-hydrogen) atoms. The first-order chi connectivity index (χ1) is 8.88. The number of benzene rings is 2. The van der Waals surface area contributed by atoms with Crippen molar-refractivity contribution in [2.45, 2.75) is 32.6 Å². The zero-order chi connectivity index (χ0) is 12.6. The monoisotopic (exact) mass is 240 g/mol. The Bertz CT molecular complexity index is 445. The van der Waals surface area contributed by atoms with Crippen LogP contribution in [-0.2, 0) is 6.42 Å². The molecule has 94 valence electrons. The van der Waals surface area contributed by atoms with E-state index in [9.17, 15) is 0 Å². The van der Waals surface area contributed by atoms with Crippen molar-refractivity contribution >= 4 is 0 Å². The van der Waals surface area contributed by atoms with Gasteiger partial charge in [0.25, 0.3) is 0 Å². The molecule has 0 aliphatic carbocycles. The van der Waals surface area contributed by atoms with Crippen molar-refractivity contribution in [3.05, 3.63) is 60.2 Å². The van der Waals surface area contributed by atoms with Gasteiger partial charge in [-0.05, 0) is 42.7 Å². The van der Waals surface area contributed by atoms with Crippen molar-refractivity contribution in [3.63, 3.8) is 0 Å². The summed E-state index contributed by atoms with van der Waals surface area (Å²) in [7, 11) is 0. The fourth-order valence-corrected chi connectivity index (χ4v) is 1.93. The Labute approximate surface area is 109 Å². The van der Waals surface area contributed by atoms with Gasteiger partial charge in [0.15, 0.2) is 0 Å². The van der Waals surface area contributed by atoms with Gasteiger partial charge < -0.3 is 4.74 Å². The maximum Gasteiger partial charge on any atom is 0.127 e. The molecule has 2 rings (SSSR count). The summed E-state index contributed by atoms with van der Waals surface area (Å²) in [5.74, 6) is 1.79. The zero-order valence-electron chi connectivity index (χ0n) is 10.9.